The van der Waals surface area contributed by atoms with E-state index in [1.54, 1.807) is 0 Å². The van der Waals surface area contributed by atoms with E-state index in [2.05, 4.69) is 246 Å². The van der Waals surface area contributed by atoms with Gasteiger partial charge in [0.15, 0.2) is 0 Å². The molecule has 0 amide bonds. The van der Waals surface area contributed by atoms with Crippen molar-refractivity contribution in [2.45, 2.75) is 0 Å². The minimum Gasteiger partial charge on any atom is -0.455 e. The van der Waals surface area contributed by atoms with Crippen molar-refractivity contribution in [1.29, 1.82) is 0 Å². The molecule has 304 valence electrons. The van der Waals surface area contributed by atoms with Crippen molar-refractivity contribution in [3.63, 3.8) is 0 Å². The molecule has 0 spiro atoms. The second-order valence-electron chi connectivity index (χ2n) is 16.9. The summed E-state index contributed by atoms with van der Waals surface area (Å²) in [6, 6.07) is 87.7. The summed E-state index contributed by atoms with van der Waals surface area (Å²) in [4.78, 5) is 2.38. The molecular weight excluding hydrogens is 789 g/mol. The van der Waals surface area contributed by atoms with E-state index in [1.807, 2.05) is 6.07 Å². The molecule has 0 atom stereocenters. The highest BCUT2D eigenvalue weighted by Crippen LogP contribution is 2.42. The first-order valence-corrected chi connectivity index (χ1v) is 22.2. The zero-order chi connectivity index (χ0) is 42.8. The van der Waals surface area contributed by atoms with E-state index in [0.29, 0.717) is 0 Å². The third kappa shape index (κ3) is 6.20. The molecule has 0 bridgehead atoms. The number of anilines is 3. The maximum Gasteiger partial charge on any atom is 0.143 e. The SMILES string of the molecule is c1ccc(-c2cccc3c2oc2ccc(-c4ccc(N(c5ccc(-c6ccc7ccc8ccccc8c7c6)cc5)c5ccc6c7ccccc7n(-c7ccccc7)c6c5)cc4)cc23)cc1. The fraction of sp³-hybridized carbons (Fsp3) is 0. The molecule has 3 heteroatoms. The van der Waals surface area contributed by atoms with Crippen LogP contribution in [0.15, 0.2) is 247 Å². The van der Waals surface area contributed by atoms with E-state index >= 15 is 0 Å². The lowest BCUT2D eigenvalue weighted by Gasteiger charge is -2.26. The van der Waals surface area contributed by atoms with Crippen molar-refractivity contribution in [2.75, 3.05) is 4.90 Å². The average Bonchev–Trinajstić information content (AvgIpc) is 3.92. The lowest BCUT2D eigenvalue weighted by Crippen LogP contribution is -2.10. The van der Waals surface area contributed by atoms with Crippen molar-refractivity contribution in [3.05, 3.63) is 243 Å². The van der Waals surface area contributed by atoms with E-state index in [1.165, 1.54) is 49.0 Å². The molecule has 0 aliphatic rings. The van der Waals surface area contributed by atoms with Crippen LogP contribution >= 0.6 is 0 Å². The largest absolute Gasteiger partial charge is 0.455 e. The quantitative estimate of drug-likeness (QED) is 0.149. The Kier molecular flexibility index (Phi) is 8.53. The van der Waals surface area contributed by atoms with Crippen LogP contribution in [-0.4, -0.2) is 4.57 Å². The number of hydrogen-bond acceptors (Lipinski definition) is 2. The van der Waals surface area contributed by atoms with Crippen molar-refractivity contribution in [2.24, 2.45) is 0 Å². The summed E-state index contributed by atoms with van der Waals surface area (Å²) >= 11 is 0. The molecule has 0 aliphatic heterocycles. The Morgan fingerprint density at radius 3 is 1.62 bits per heavy atom. The summed E-state index contributed by atoms with van der Waals surface area (Å²) in [6.45, 7) is 0. The summed E-state index contributed by atoms with van der Waals surface area (Å²) in [5, 5.41) is 9.74. The van der Waals surface area contributed by atoms with Gasteiger partial charge in [0.2, 0.25) is 0 Å². The molecule has 65 heavy (non-hydrogen) atoms. The second kappa shape index (κ2) is 15.0. The predicted octanol–water partition coefficient (Wildman–Crippen LogP) is 17.5. The molecule has 3 nitrogen and oxygen atoms in total. The van der Waals surface area contributed by atoms with Gasteiger partial charge in [0.05, 0.1) is 11.0 Å². The highest BCUT2D eigenvalue weighted by atomic mass is 16.3. The highest BCUT2D eigenvalue weighted by molar-refractivity contribution is 6.12. The number of para-hydroxylation sites is 3. The average molecular weight is 829 g/mol. The Morgan fingerprint density at radius 2 is 0.862 bits per heavy atom. The van der Waals surface area contributed by atoms with Gasteiger partial charge in [-0.05, 0) is 122 Å². The van der Waals surface area contributed by atoms with Crippen molar-refractivity contribution in [1.82, 2.24) is 4.57 Å². The third-order valence-electron chi connectivity index (χ3n) is 13.2. The Hall–Kier alpha value is -8.66. The van der Waals surface area contributed by atoms with Crippen LogP contribution in [0, 0.1) is 0 Å². The van der Waals surface area contributed by atoms with E-state index < -0.39 is 0 Å². The molecule has 2 aromatic heterocycles. The van der Waals surface area contributed by atoms with Gasteiger partial charge < -0.3 is 13.9 Å². The summed E-state index contributed by atoms with van der Waals surface area (Å²) in [5.41, 5.74) is 15.4. The van der Waals surface area contributed by atoms with Gasteiger partial charge in [-0.2, -0.15) is 0 Å². The van der Waals surface area contributed by atoms with E-state index in [0.717, 1.165) is 72.5 Å². The Balaban J connectivity index is 0.929. The summed E-state index contributed by atoms with van der Waals surface area (Å²) < 4.78 is 8.92. The number of furan rings is 1. The molecule has 0 N–H and O–H groups in total. The monoisotopic (exact) mass is 828 g/mol. The molecule has 0 aliphatic carbocycles. The molecular formula is C62H40N2O. The lowest BCUT2D eigenvalue weighted by atomic mass is 9.97. The molecule has 11 aromatic carbocycles. The van der Waals surface area contributed by atoms with E-state index in [9.17, 15) is 0 Å². The Morgan fingerprint density at radius 1 is 0.308 bits per heavy atom. The Labute approximate surface area is 376 Å². The molecule has 0 unspecified atom stereocenters. The zero-order valence-electron chi connectivity index (χ0n) is 35.4. The maximum atomic E-state index is 6.53. The van der Waals surface area contributed by atoms with Crippen LogP contribution < -0.4 is 4.90 Å². The summed E-state index contributed by atoms with van der Waals surface area (Å²) in [6.07, 6.45) is 0. The van der Waals surface area contributed by atoms with Crippen molar-refractivity contribution in [3.8, 4) is 39.1 Å². The molecule has 0 fully saturated rings. The minimum atomic E-state index is 0.888. The Bertz CT molecular complexity index is 3920. The smallest absolute Gasteiger partial charge is 0.143 e. The fourth-order valence-electron chi connectivity index (χ4n) is 10.0. The van der Waals surface area contributed by atoms with Crippen LogP contribution in [0.5, 0.6) is 0 Å². The number of benzene rings is 11. The first kappa shape index (κ1) is 36.9. The van der Waals surface area contributed by atoms with Crippen LogP contribution in [0.3, 0.4) is 0 Å². The first-order chi connectivity index (χ1) is 32.2. The van der Waals surface area contributed by atoms with Crippen LogP contribution in [-0.2, 0) is 0 Å². The summed E-state index contributed by atoms with van der Waals surface area (Å²) in [5.74, 6) is 0. The van der Waals surface area contributed by atoms with Crippen LogP contribution in [0.25, 0.3) is 104 Å². The molecule has 2 heterocycles. The number of fused-ring (bicyclic) bond motifs is 9. The normalized spacial score (nSPS) is 11.7. The van der Waals surface area contributed by atoms with Gasteiger partial charge >= 0.3 is 0 Å². The van der Waals surface area contributed by atoms with Gasteiger partial charge in [0.25, 0.3) is 0 Å². The van der Waals surface area contributed by atoms with Gasteiger partial charge in [-0.25, -0.2) is 0 Å². The van der Waals surface area contributed by atoms with Gasteiger partial charge in [-0.1, -0.05) is 170 Å². The van der Waals surface area contributed by atoms with Crippen LogP contribution in [0.4, 0.5) is 17.1 Å². The number of hydrogen-bond donors (Lipinski definition) is 0. The fourth-order valence-corrected chi connectivity index (χ4v) is 10.0. The van der Waals surface area contributed by atoms with Gasteiger partial charge in [0, 0.05) is 49.9 Å². The number of nitrogens with zero attached hydrogens (tertiary/aromatic N) is 2. The van der Waals surface area contributed by atoms with Crippen molar-refractivity contribution < 1.29 is 4.42 Å². The standard InChI is InChI=1S/C62H40N2O/c1-3-12-43(13-4-1)53-19-11-20-56-58-39-47(30-37-61(58)65-62(53)56)42-28-33-50(34-29-42)63(51-35-36-55-54-18-9-10-21-59(54)64(60(55)40-51)48-15-5-2-6-16-48)49-31-26-41(27-32-49)46-25-24-45-23-22-44-14-7-8-17-52(44)57(45)38-46/h1-40H. The molecule has 0 saturated carbocycles. The van der Waals surface area contributed by atoms with Crippen molar-refractivity contribution >= 4 is 82.4 Å². The molecule has 0 saturated heterocycles. The van der Waals surface area contributed by atoms with Crippen LogP contribution in [0.1, 0.15) is 0 Å². The van der Waals surface area contributed by atoms with Gasteiger partial charge in [0.1, 0.15) is 11.2 Å². The predicted molar refractivity (Wildman–Crippen MR) is 274 cm³/mol. The van der Waals surface area contributed by atoms with Gasteiger partial charge in [-0.15, -0.1) is 0 Å². The van der Waals surface area contributed by atoms with Crippen LogP contribution in [0.2, 0.25) is 0 Å². The third-order valence-corrected chi connectivity index (χ3v) is 13.2. The minimum absolute atomic E-state index is 0.888. The first-order valence-electron chi connectivity index (χ1n) is 22.2. The van der Waals surface area contributed by atoms with E-state index in [4.69, 9.17) is 4.42 Å². The number of rotatable bonds is 7. The highest BCUT2D eigenvalue weighted by Gasteiger charge is 2.19. The topological polar surface area (TPSA) is 21.3 Å². The maximum absolute atomic E-state index is 6.53. The van der Waals surface area contributed by atoms with Gasteiger partial charge in [-0.3, -0.25) is 0 Å². The molecule has 0 radical (unpaired) electrons. The zero-order valence-corrected chi connectivity index (χ0v) is 35.4. The lowest BCUT2D eigenvalue weighted by molar-refractivity contribution is 0.670. The molecule has 13 rings (SSSR count). The summed E-state index contributed by atoms with van der Waals surface area (Å²) in [7, 11) is 0. The van der Waals surface area contributed by atoms with E-state index in [-0.39, 0.29) is 0 Å². The molecule has 13 aromatic rings. The second-order valence-corrected chi connectivity index (χ2v) is 16.9. The number of aromatic nitrogens is 1.